The number of carboxylic acid groups (broad SMARTS) is 1. The summed E-state index contributed by atoms with van der Waals surface area (Å²) < 4.78 is 33.7. The van der Waals surface area contributed by atoms with Crippen LogP contribution in [0.15, 0.2) is 41.3 Å². The van der Waals surface area contributed by atoms with Gasteiger partial charge in [-0.3, -0.25) is 4.90 Å². The number of carbonyl (C=O) groups is 1. The molecule has 1 N–H and O–H groups in total. The van der Waals surface area contributed by atoms with Crippen molar-refractivity contribution in [3.8, 4) is 5.75 Å². The average Bonchev–Trinajstić information content (AvgIpc) is 2.75. The summed E-state index contributed by atoms with van der Waals surface area (Å²) in [4.78, 5) is 13.7. The van der Waals surface area contributed by atoms with Gasteiger partial charge < -0.3 is 9.84 Å². The fraction of sp³-hybridized carbons (Fsp3) is 0.591. The third-order valence-electron chi connectivity index (χ3n) is 7.01. The summed E-state index contributed by atoms with van der Waals surface area (Å²) in [5, 5.41) is 8.93. The lowest BCUT2D eigenvalue weighted by Crippen LogP contribution is -2.63. The molecule has 0 bridgehead atoms. The molecule has 7 nitrogen and oxygen atoms in total. The summed E-state index contributed by atoms with van der Waals surface area (Å²) in [6, 6.07) is 6.99. The first kappa shape index (κ1) is 21.3. The average molecular weight is 435 g/mol. The predicted molar refractivity (Wildman–Crippen MR) is 113 cm³/mol. The van der Waals surface area contributed by atoms with E-state index in [0.717, 1.165) is 32.4 Å². The van der Waals surface area contributed by atoms with Gasteiger partial charge in [0.05, 0.1) is 12.0 Å². The third-order valence-corrected chi connectivity index (χ3v) is 8.85. The van der Waals surface area contributed by atoms with Gasteiger partial charge in [0.1, 0.15) is 5.75 Å². The van der Waals surface area contributed by atoms with Gasteiger partial charge in [-0.05, 0) is 80.8 Å². The number of ether oxygens (including phenoxy) is 1. The Morgan fingerprint density at radius 2 is 1.97 bits per heavy atom. The number of carboxylic acids is 1. The maximum atomic E-state index is 13.4. The lowest BCUT2D eigenvalue weighted by molar-refractivity contribution is -0.131. The van der Waals surface area contributed by atoms with E-state index in [2.05, 4.69) is 4.90 Å². The molecule has 8 heteroatoms. The van der Waals surface area contributed by atoms with Crippen LogP contribution in [-0.2, 0) is 14.8 Å². The molecule has 0 radical (unpaired) electrons. The van der Waals surface area contributed by atoms with E-state index in [-0.39, 0.29) is 5.92 Å². The Hall–Kier alpha value is -1.90. The van der Waals surface area contributed by atoms with Crippen molar-refractivity contribution in [1.82, 2.24) is 9.21 Å². The summed E-state index contributed by atoms with van der Waals surface area (Å²) in [6.45, 7) is 3.16. The second-order valence-corrected chi connectivity index (χ2v) is 10.6. The van der Waals surface area contributed by atoms with E-state index < -0.39 is 16.0 Å². The Labute approximate surface area is 178 Å². The number of nitrogens with zero attached hydrogens (tertiary/aromatic N) is 2. The van der Waals surface area contributed by atoms with Crippen molar-refractivity contribution in [2.45, 2.75) is 36.6 Å². The van der Waals surface area contributed by atoms with Crippen molar-refractivity contribution < 1.29 is 23.1 Å². The number of methoxy groups -OCH3 is 1. The number of piperidine rings is 3. The number of hydrogen-bond acceptors (Lipinski definition) is 5. The zero-order chi connectivity index (χ0) is 21.3. The Kier molecular flexibility index (Phi) is 6.18. The quantitative estimate of drug-likeness (QED) is 0.692. The van der Waals surface area contributed by atoms with Crippen molar-refractivity contribution in [1.29, 1.82) is 0 Å². The standard InChI is InChI=1S/C22H30N2O5S/c1-29-18-7-9-19(10-8-18)30(27,28)24-14-17-5-3-12-23-13-11-16(4-2-6-21(25)26)20(15-24)22(17)23/h2,6-10,16-17,20,22H,3-5,11-15H2,1H3,(H,25,26)/b6-2+. The summed E-state index contributed by atoms with van der Waals surface area (Å²) >= 11 is 0. The molecule has 3 aliphatic heterocycles. The maximum Gasteiger partial charge on any atom is 0.327 e. The highest BCUT2D eigenvalue weighted by Crippen LogP contribution is 2.44. The predicted octanol–water partition coefficient (Wildman–Crippen LogP) is 2.45. The van der Waals surface area contributed by atoms with Gasteiger partial charge in [-0.15, -0.1) is 0 Å². The monoisotopic (exact) mass is 434 g/mol. The molecule has 3 saturated heterocycles. The van der Waals surface area contributed by atoms with Gasteiger partial charge in [0.2, 0.25) is 10.0 Å². The molecule has 4 rings (SSSR count). The van der Waals surface area contributed by atoms with E-state index in [1.165, 1.54) is 6.08 Å². The van der Waals surface area contributed by atoms with Crippen LogP contribution < -0.4 is 4.74 Å². The molecule has 3 heterocycles. The zero-order valence-corrected chi connectivity index (χ0v) is 18.1. The molecule has 0 aliphatic carbocycles. The summed E-state index contributed by atoms with van der Waals surface area (Å²) in [5.41, 5.74) is 0. The van der Waals surface area contributed by atoms with Crippen molar-refractivity contribution in [2.24, 2.45) is 17.8 Å². The lowest BCUT2D eigenvalue weighted by atomic mass is 9.68. The smallest absolute Gasteiger partial charge is 0.327 e. The number of benzene rings is 1. The number of rotatable bonds is 6. The van der Waals surface area contributed by atoms with Crippen LogP contribution in [-0.4, -0.2) is 68.0 Å². The Morgan fingerprint density at radius 3 is 2.67 bits per heavy atom. The minimum atomic E-state index is -3.58. The number of aliphatic carboxylic acids is 1. The Morgan fingerprint density at radius 1 is 1.20 bits per heavy atom. The molecule has 1 aromatic carbocycles. The van der Waals surface area contributed by atoms with Gasteiger partial charge >= 0.3 is 5.97 Å². The van der Waals surface area contributed by atoms with Gasteiger partial charge in [0.15, 0.2) is 0 Å². The van der Waals surface area contributed by atoms with Crippen LogP contribution in [0.25, 0.3) is 0 Å². The van der Waals surface area contributed by atoms with Crippen LogP contribution in [0.3, 0.4) is 0 Å². The molecule has 0 saturated carbocycles. The molecule has 3 aliphatic rings. The van der Waals surface area contributed by atoms with Crippen LogP contribution in [0.4, 0.5) is 0 Å². The molecule has 3 fully saturated rings. The SMILES string of the molecule is COc1ccc(S(=O)(=O)N2CC3CCCN4CCC(C/C=C/C(=O)O)C(C2)C34)cc1. The highest BCUT2D eigenvalue weighted by molar-refractivity contribution is 7.89. The molecule has 4 unspecified atom stereocenters. The van der Waals surface area contributed by atoms with Gasteiger partial charge in [-0.1, -0.05) is 6.08 Å². The first-order valence-corrected chi connectivity index (χ1v) is 12.1. The third kappa shape index (κ3) is 4.13. The molecular formula is C22H30N2O5S. The molecule has 0 aromatic heterocycles. The number of sulfonamides is 1. The van der Waals surface area contributed by atoms with Gasteiger partial charge in [0.25, 0.3) is 0 Å². The largest absolute Gasteiger partial charge is 0.497 e. The van der Waals surface area contributed by atoms with Gasteiger partial charge in [-0.25, -0.2) is 13.2 Å². The molecule has 4 atom stereocenters. The first-order valence-electron chi connectivity index (χ1n) is 10.7. The second kappa shape index (κ2) is 8.69. The molecule has 0 amide bonds. The molecule has 1 aromatic rings. The summed E-state index contributed by atoms with van der Waals surface area (Å²) in [5.74, 6) is 0.556. The van der Waals surface area contributed by atoms with E-state index in [1.54, 1.807) is 41.8 Å². The van der Waals surface area contributed by atoms with Crippen molar-refractivity contribution in [2.75, 3.05) is 33.3 Å². The highest BCUT2D eigenvalue weighted by atomic mass is 32.2. The van der Waals surface area contributed by atoms with E-state index in [1.807, 2.05) is 0 Å². The minimum absolute atomic E-state index is 0.226. The van der Waals surface area contributed by atoms with Crippen molar-refractivity contribution in [3.05, 3.63) is 36.4 Å². The number of hydrogen-bond donors (Lipinski definition) is 1. The maximum absolute atomic E-state index is 13.4. The minimum Gasteiger partial charge on any atom is -0.497 e. The van der Waals surface area contributed by atoms with E-state index >= 15 is 0 Å². The zero-order valence-electron chi connectivity index (χ0n) is 17.3. The summed E-state index contributed by atoms with van der Waals surface area (Å²) in [7, 11) is -2.02. The van der Waals surface area contributed by atoms with Crippen LogP contribution in [0, 0.1) is 17.8 Å². The molecule has 30 heavy (non-hydrogen) atoms. The molecular weight excluding hydrogens is 404 g/mol. The summed E-state index contributed by atoms with van der Waals surface area (Å²) in [6.07, 6.45) is 6.76. The number of allylic oxidation sites excluding steroid dienone is 1. The van der Waals surface area contributed by atoms with E-state index in [9.17, 15) is 13.2 Å². The van der Waals surface area contributed by atoms with E-state index in [4.69, 9.17) is 9.84 Å². The van der Waals surface area contributed by atoms with Gasteiger partial charge in [-0.2, -0.15) is 4.31 Å². The lowest BCUT2D eigenvalue weighted by Gasteiger charge is -2.56. The highest BCUT2D eigenvalue weighted by Gasteiger charge is 2.49. The Balaban J connectivity index is 1.59. The topological polar surface area (TPSA) is 87.2 Å². The van der Waals surface area contributed by atoms with Crippen LogP contribution >= 0.6 is 0 Å². The van der Waals surface area contributed by atoms with Crippen molar-refractivity contribution >= 4 is 16.0 Å². The van der Waals surface area contributed by atoms with Gasteiger partial charge in [0, 0.05) is 25.2 Å². The Bertz CT molecular complexity index is 899. The fourth-order valence-corrected chi connectivity index (χ4v) is 7.17. The fourth-order valence-electron chi connectivity index (χ4n) is 5.64. The van der Waals surface area contributed by atoms with Crippen molar-refractivity contribution in [3.63, 3.8) is 0 Å². The molecule has 164 valence electrons. The van der Waals surface area contributed by atoms with Crippen LogP contribution in [0.1, 0.15) is 25.7 Å². The molecule has 0 spiro atoms. The second-order valence-electron chi connectivity index (χ2n) is 8.62. The van der Waals surface area contributed by atoms with Crippen LogP contribution in [0.5, 0.6) is 5.75 Å². The normalized spacial score (nSPS) is 30.2. The van der Waals surface area contributed by atoms with E-state index in [0.29, 0.717) is 48.0 Å². The van der Waals surface area contributed by atoms with Crippen LogP contribution in [0.2, 0.25) is 0 Å². The first-order chi connectivity index (χ1) is 14.4.